The number of phenols is 1. The molecule has 1 amide bonds. The van der Waals surface area contributed by atoms with Crippen LogP contribution in [0.4, 0.5) is 0 Å². The molecule has 1 heterocycles. The molecule has 3 fully saturated rings. The van der Waals surface area contributed by atoms with Gasteiger partial charge in [0.05, 0.1) is 0 Å². The summed E-state index contributed by atoms with van der Waals surface area (Å²) in [5.74, 6) is 3.22. The van der Waals surface area contributed by atoms with E-state index in [4.69, 9.17) is 4.74 Å². The van der Waals surface area contributed by atoms with Gasteiger partial charge in [0, 0.05) is 31.8 Å². The van der Waals surface area contributed by atoms with Crippen molar-refractivity contribution in [3.63, 3.8) is 0 Å². The van der Waals surface area contributed by atoms with Gasteiger partial charge < -0.3 is 14.7 Å². The Bertz CT molecular complexity index is 1090. The second-order valence-electron chi connectivity index (χ2n) is 14.6. The number of hydrogen-bond acceptors (Lipinski definition) is 4. The van der Waals surface area contributed by atoms with Crippen LogP contribution in [-0.4, -0.2) is 41.1 Å². The highest BCUT2D eigenvalue weighted by molar-refractivity contribution is 5.75. The first-order valence-electron chi connectivity index (χ1n) is 17.6. The predicted octanol–water partition coefficient (Wildman–Crippen LogP) is 8.71. The van der Waals surface area contributed by atoms with E-state index in [0.717, 1.165) is 51.5 Å². The molecule has 1 N–H and O–H groups in total. The van der Waals surface area contributed by atoms with Crippen molar-refractivity contribution in [1.82, 2.24) is 4.90 Å². The summed E-state index contributed by atoms with van der Waals surface area (Å²) in [5, 5.41) is 10.3. The molecule has 0 bridgehead atoms. The second-order valence-corrected chi connectivity index (χ2v) is 14.6. The van der Waals surface area contributed by atoms with Gasteiger partial charge in [-0.2, -0.15) is 0 Å². The fourth-order valence-electron chi connectivity index (χ4n) is 9.81. The Morgan fingerprint density at radius 1 is 1.00 bits per heavy atom. The molecule has 4 unspecified atom stereocenters. The largest absolute Gasteiger partial charge is 0.508 e. The maximum Gasteiger partial charge on any atom is 0.306 e. The van der Waals surface area contributed by atoms with E-state index in [9.17, 15) is 14.7 Å². The monoisotopic (exact) mass is 579 g/mol. The molecular formula is C37H57NO4. The number of rotatable bonds is 14. The molecule has 1 aromatic rings. The van der Waals surface area contributed by atoms with Crippen LogP contribution in [0.2, 0.25) is 0 Å². The zero-order chi connectivity index (χ0) is 29.7. The number of esters is 1. The van der Waals surface area contributed by atoms with Crippen LogP contribution in [0.15, 0.2) is 18.2 Å². The molecule has 6 atom stereocenters. The van der Waals surface area contributed by atoms with Gasteiger partial charge in [-0.25, -0.2) is 0 Å². The Morgan fingerprint density at radius 2 is 1.74 bits per heavy atom. The van der Waals surface area contributed by atoms with Crippen LogP contribution in [-0.2, 0) is 20.7 Å². The normalized spacial score (nSPS) is 31.5. The van der Waals surface area contributed by atoms with Crippen molar-refractivity contribution in [1.29, 1.82) is 0 Å². The highest BCUT2D eigenvalue weighted by Gasteiger charge is 2.66. The fraction of sp³-hybridized carbons (Fsp3) is 0.784. The lowest BCUT2D eigenvalue weighted by Crippen LogP contribution is -2.52. The van der Waals surface area contributed by atoms with E-state index in [1.54, 1.807) is 0 Å². The third kappa shape index (κ3) is 6.41. The highest BCUT2D eigenvalue weighted by atomic mass is 16.6. The maximum absolute atomic E-state index is 12.3. The van der Waals surface area contributed by atoms with Gasteiger partial charge in [0.2, 0.25) is 5.91 Å². The zero-order valence-corrected chi connectivity index (χ0v) is 26.8. The SMILES string of the molecule is CCCCN(C)C(=O)CCCCCCCCCCC1Cc2cc(O)ccc2C2CC[C@@]3(C)C(CC[C@@]34CCC(=O)O4)C12. The molecule has 3 aliphatic carbocycles. The number of nitrogens with zero attached hydrogens (tertiary/aromatic N) is 1. The Kier molecular flexibility index (Phi) is 10.3. The number of phenolic OH excluding ortho intramolecular Hbond substituents is 1. The van der Waals surface area contributed by atoms with E-state index in [2.05, 4.69) is 19.9 Å². The van der Waals surface area contributed by atoms with Gasteiger partial charge in [-0.3, -0.25) is 9.59 Å². The minimum Gasteiger partial charge on any atom is -0.508 e. The first-order valence-corrected chi connectivity index (χ1v) is 17.6. The summed E-state index contributed by atoms with van der Waals surface area (Å²) in [7, 11) is 1.94. The van der Waals surface area contributed by atoms with Gasteiger partial charge in [-0.1, -0.05) is 71.3 Å². The number of hydrogen-bond donors (Lipinski definition) is 1. The summed E-state index contributed by atoms with van der Waals surface area (Å²) in [6.45, 7) is 5.52. The van der Waals surface area contributed by atoms with E-state index in [1.807, 2.05) is 24.1 Å². The van der Waals surface area contributed by atoms with Gasteiger partial charge in [0.25, 0.3) is 0 Å². The average Bonchev–Trinajstić information content (AvgIpc) is 3.50. The number of amides is 1. The van der Waals surface area contributed by atoms with Crippen molar-refractivity contribution in [2.24, 2.45) is 23.2 Å². The van der Waals surface area contributed by atoms with Gasteiger partial charge in [-0.15, -0.1) is 0 Å². The first-order chi connectivity index (χ1) is 20.3. The van der Waals surface area contributed by atoms with Gasteiger partial charge >= 0.3 is 5.97 Å². The molecule has 42 heavy (non-hydrogen) atoms. The van der Waals surface area contributed by atoms with E-state index >= 15 is 0 Å². The molecule has 0 aromatic heterocycles. The van der Waals surface area contributed by atoms with Crippen molar-refractivity contribution >= 4 is 11.9 Å². The summed E-state index contributed by atoms with van der Waals surface area (Å²) in [5.41, 5.74) is 2.73. The Morgan fingerprint density at radius 3 is 2.45 bits per heavy atom. The Balaban J connectivity index is 1.10. The molecule has 5 nitrogen and oxygen atoms in total. The van der Waals surface area contributed by atoms with Crippen LogP contribution < -0.4 is 0 Å². The van der Waals surface area contributed by atoms with Crippen molar-refractivity contribution in [3.8, 4) is 5.75 Å². The smallest absolute Gasteiger partial charge is 0.306 e. The molecular weight excluding hydrogens is 522 g/mol. The summed E-state index contributed by atoms with van der Waals surface area (Å²) in [6.07, 6.45) is 21.2. The maximum atomic E-state index is 12.3. The summed E-state index contributed by atoms with van der Waals surface area (Å²) in [4.78, 5) is 26.4. The van der Waals surface area contributed by atoms with Crippen LogP contribution in [0.1, 0.15) is 146 Å². The first kappa shape index (κ1) is 31.4. The zero-order valence-electron chi connectivity index (χ0n) is 26.8. The molecule has 2 saturated carbocycles. The number of ether oxygens (including phenoxy) is 1. The minimum atomic E-state index is -0.224. The van der Waals surface area contributed by atoms with E-state index in [-0.39, 0.29) is 17.0 Å². The molecule has 1 saturated heterocycles. The lowest BCUT2D eigenvalue weighted by molar-refractivity contribution is -0.164. The second kappa shape index (κ2) is 13.7. The quantitative estimate of drug-likeness (QED) is 0.177. The Labute approximate surface area is 255 Å². The van der Waals surface area contributed by atoms with E-state index in [1.165, 1.54) is 75.3 Å². The molecule has 1 spiro atoms. The van der Waals surface area contributed by atoms with E-state index in [0.29, 0.717) is 48.2 Å². The van der Waals surface area contributed by atoms with Crippen LogP contribution in [0, 0.1) is 23.2 Å². The lowest BCUT2D eigenvalue weighted by Gasteiger charge is -2.55. The summed E-state index contributed by atoms with van der Waals surface area (Å²) in [6, 6.07) is 6.14. The molecule has 4 aliphatic rings. The number of carbonyl (C=O) groups is 2. The molecule has 5 heteroatoms. The fourth-order valence-corrected chi connectivity index (χ4v) is 9.81. The van der Waals surface area contributed by atoms with Crippen LogP contribution in [0.25, 0.3) is 0 Å². The molecule has 5 rings (SSSR count). The molecule has 0 radical (unpaired) electrons. The van der Waals surface area contributed by atoms with E-state index < -0.39 is 0 Å². The topological polar surface area (TPSA) is 66.8 Å². The minimum absolute atomic E-state index is 0.0171. The summed E-state index contributed by atoms with van der Waals surface area (Å²) < 4.78 is 6.19. The van der Waals surface area contributed by atoms with Crippen molar-refractivity contribution in [2.75, 3.05) is 13.6 Å². The highest BCUT2D eigenvalue weighted by Crippen LogP contribution is 2.68. The number of unbranched alkanes of at least 4 members (excludes halogenated alkanes) is 8. The van der Waals surface area contributed by atoms with Crippen LogP contribution in [0.3, 0.4) is 0 Å². The molecule has 1 aromatic carbocycles. The third-order valence-electron chi connectivity index (χ3n) is 12.2. The molecule has 1 aliphatic heterocycles. The average molecular weight is 580 g/mol. The Hall–Kier alpha value is -2.04. The number of carbonyl (C=O) groups excluding carboxylic acids is 2. The summed E-state index contributed by atoms with van der Waals surface area (Å²) >= 11 is 0. The van der Waals surface area contributed by atoms with Crippen molar-refractivity contribution < 1.29 is 19.4 Å². The number of aromatic hydroxyl groups is 1. The van der Waals surface area contributed by atoms with Crippen molar-refractivity contribution in [2.45, 2.75) is 147 Å². The van der Waals surface area contributed by atoms with Gasteiger partial charge in [-0.05, 0) is 105 Å². The number of fused-ring (bicyclic) bond motifs is 6. The van der Waals surface area contributed by atoms with Gasteiger partial charge in [0.15, 0.2) is 0 Å². The lowest BCUT2D eigenvalue weighted by atomic mass is 9.50. The number of benzene rings is 1. The molecule has 234 valence electrons. The van der Waals surface area contributed by atoms with Crippen molar-refractivity contribution in [3.05, 3.63) is 29.3 Å². The predicted molar refractivity (Wildman–Crippen MR) is 168 cm³/mol. The standard InChI is InChI=1S/C37H57NO4/c1-4-5-24-38(3)33(40)15-13-11-9-7-6-8-10-12-14-27-25-28-26-29(39)16-17-30(28)31-18-21-36(2)32(35(27)31)19-22-37(36)23-20-34(41)42-37/h16-17,26-27,31-32,35,39H,4-15,18-25H2,1-3H3/t27?,31?,32?,35?,36-,37+/m0/s1. The van der Waals surface area contributed by atoms with Crippen LogP contribution in [0.5, 0.6) is 5.75 Å². The van der Waals surface area contributed by atoms with Crippen LogP contribution >= 0.6 is 0 Å². The van der Waals surface area contributed by atoms with Gasteiger partial charge in [0.1, 0.15) is 11.4 Å². The third-order valence-corrected chi connectivity index (χ3v) is 12.2.